The highest BCUT2D eigenvalue weighted by molar-refractivity contribution is 8.00. The first-order valence-electron chi connectivity index (χ1n) is 4.90. The predicted octanol–water partition coefficient (Wildman–Crippen LogP) is 0.907. The van der Waals surface area contributed by atoms with E-state index in [1.165, 1.54) is 0 Å². The highest BCUT2D eigenvalue weighted by atomic mass is 32.2. The van der Waals surface area contributed by atoms with E-state index in [1.807, 2.05) is 30.5 Å². The van der Waals surface area contributed by atoms with Gasteiger partial charge in [-0.2, -0.15) is 0 Å². The normalized spacial score (nSPS) is 21.8. The molecule has 1 heterocycles. The van der Waals surface area contributed by atoms with E-state index in [4.69, 9.17) is 0 Å². The molecule has 13 heavy (non-hydrogen) atoms. The molecular weight excluding hydrogens is 184 g/mol. The summed E-state index contributed by atoms with van der Waals surface area (Å²) < 4.78 is 0. The van der Waals surface area contributed by atoms with Crippen LogP contribution in [0.3, 0.4) is 0 Å². The molecular formula is C9H18N2OS. The van der Waals surface area contributed by atoms with Crippen molar-refractivity contribution in [3.05, 3.63) is 0 Å². The van der Waals surface area contributed by atoms with Gasteiger partial charge in [-0.15, -0.1) is 11.8 Å². The number of nitrogens with one attached hydrogen (secondary N) is 1. The van der Waals surface area contributed by atoms with Crippen molar-refractivity contribution in [2.24, 2.45) is 0 Å². The van der Waals surface area contributed by atoms with Gasteiger partial charge < -0.3 is 10.2 Å². The SMILES string of the molecule is CCN(CC)C(=O)CC1NCCS1. The highest BCUT2D eigenvalue weighted by Gasteiger charge is 2.20. The van der Waals surface area contributed by atoms with Crippen molar-refractivity contribution >= 4 is 17.7 Å². The van der Waals surface area contributed by atoms with Crippen molar-refractivity contribution in [1.29, 1.82) is 0 Å². The monoisotopic (exact) mass is 202 g/mol. The van der Waals surface area contributed by atoms with E-state index in [2.05, 4.69) is 5.32 Å². The number of nitrogens with zero attached hydrogens (tertiary/aromatic N) is 1. The molecule has 0 aromatic rings. The van der Waals surface area contributed by atoms with Crippen molar-refractivity contribution in [3.63, 3.8) is 0 Å². The van der Waals surface area contributed by atoms with Gasteiger partial charge in [0.25, 0.3) is 0 Å². The molecule has 1 rings (SSSR count). The van der Waals surface area contributed by atoms with Crippen LogP contribution in [-0.2, 0) is 4.79 Å². The van der Waals surface area contributed by atoms with Crippen LogP contribution >= 0.6 is 11.8 Å². The van der Waals surface area contributed by atoms with Gasteiger partial charge in [0.05, 0.1) is 11.8 Å². The maximum Gasteiger partial charge on any atom is 0.224 e. The van der Waals surface area contributed by atoms with E-state index in [0.717, 1.165) is 25.4 Å². The van der Waals surface area contributed by atoms with Crippen molar-refractivity contribution < 1.29 is 4.79 Å². The largest absolute Gasteiger partial charge is 0.343 e. The van der Waals surface area contributed by atoms with Crippen LogP contribution in [0.2, 0.25) is 0 Å². The Kier molecular flexibility index (Phi) is 4.59. The van der Waals surface area contributed by atoms with Crippen molar-refractivity contribution in [3.8, 4) is 0 Å². The fourth-order valence-electron chi connectivity index (χ4n) is 1.48. The van der Waals surface area contributed by atoms with Gasteiger partial charge >= 0.3 is 0 Å². The second kappa shape index (κ2) is 5.50. The van der Waals surface area contributed by atoms with Crippen LogP contribution in [0.5, 0.6) is 0 Å². The van der Waals surface area contributed by atoms with Crippen LogP contribution in [0, 0.1) is 0 Å². The van der Waals surface area contributed by atoms with E-state index in [-0.39, 0.29) is 5.91 Å². The first kappa shape index (κ1) is 10.9. The fraction of sp³-hybridized carbons (Fsp3) is 0.889. The maximum atomic E-state index is 11.6. The highest BCUT2D eigenvalue weighted by Crippen LogP contribution is 2.17. The summed E-state index contributed by atoms with van der Waals surface area (Å²) in [5.41, 5.74) is 0. The van der Waals surface area contributed by atoms with Crippen LogP contribution in [-0.4, -0.2) is 41.6 Å². The number of carbonyl (C=O) groups excluding carboxylic acids is 1. The summed E-state index contributed by atoms with van der Waals surface area (Å²) in [6.45, 7) is 6.74. The third-order valence-corrected chi connectivity index (χ3v) is 3.44. The lowest BCUT2D eigenvalue weighted by molar-refractivity contribution is -0.130. The minimum atomic E-state index is 0.275. The zero-order chi connectivity index (χ0) is 9.68. The Balaban J connectivity index is 2.29. The van der Waals surface area contributed by atoms with Crippen LogP contribution in [0.25, 0.3) is 0 Å². The molecule has 4 heteroatoms. The first-order valence-corrected chi connectivity index (χ1v) is 5.95. The average Bonchev–Trinajstić information content (AvgIpc) is 2.59. The van der Waals surface area contributed by atoms with Crippen LogP contribution in [0.1, 0.15) is 20.3 Å². The Hall–Kier alpha value is -0.220. The van der Waals surface area contributed by atoms with Crippen LogP contribution in [0.4, 0.5) is 0 Å². The van der Waals surface area contributed by atoms with Gasteiger partial charge in [0, 0.05) is 25.4 Å². The summed E-state index contributed by atoms with van der Waals surface area (Å²) in [5, 5.41) is 3.66. The smallest absolute Gasteiger partial charge is 0.224 e. The summed E-state index contributed by atoms with van der Waals surface area (Å²) in [5.74, 6) is 1.41. The Bertz CT molecular complexity index is 165. The lowest BCUT2D eigenvalue weighted by Gasteiger charge is -2.20. The van der Waals surface area contributed by atoms with Gasteiger partial charge in [0.1, 0.15) is 0 Å². The molecule has 3 nitrogen and oxygen atoms in total. The molecule has 1 aliphatic heterocycles. The number of amides is 1. The predicted molar refractivity (Wildman–Crippen MR) is 56.8 cm³/mol. The third kappa shape index (κ3) is 3.19. The third-order valence-electron chi connectivity index (χ3n) is 2.27. The molecule has 0 radical (unpaired) electrons. The second-order valence-corrected chi connectivity index (χ2v) is 4.39. The lowest BCUT2D eigenvalue weighted by Crippen LogP contribution is -2.34. The van der Waals surface area contributed by atoms with E-state index in [0.29, 0.717) is 11.8 Å². The van der Waals surface area contributed by atoms with Gasteiger partial charge in [-0.3, -0.25) is 4.79 Å². The second-order valence-electron chi connectivity index (χ2n) is 3.08. The molecule has 0 aromatic heterocycles. The lowest BCUT2D eigenvalue weighted by atomic mass is 10.3. The molecule has 0 spiro atoms. The van der Waals surface area contributed by atoms with Gasteiger partial charge in [-0.1, -0.05) is 0 Å². The van der Waals surface area contributed by atoms with Gasteiger partial charge in [-0.05, 0) is 13.8 Å². The van der Waals surface area contributed by atoms with Crippen molar-refractivity contribution in [2.45, 2.75) is 25.6 Å². The zero-order valence-corrected chi connectivity index (χ0v) is 9.19. The minimum Gasteiger partial charge on any atom is -0.343 e. The molecule has 76 valence electrons. The van der Waals surface area contributed by atoms with Gasteiger partial charge in [-0.25, -0.2) is 0 Å². The summed E-state index contributed by atoms with van der Waals surface area (Å²) in [4.78, 5) is 13.5. The summed E-state index contributed by atoms with van der Waals surface area (Å²) in [6.07, 6.45) is 0.645. The molecule has 1 N–H and O–H groups in total. The molecule has 1 saturated heterocycles. The summed E-state index contributed by atoms with van der Waals surface area (Å²) >= 11 is 1.85. The molecule has 1 fully saturated rings. The maximum absolute atomic E-state index is 11.6. The topological polar surface area (TPSA) is 32.3 Å². The Morgan fingerprint density at radius 1 is 1.54 bits per heavy atom. The number of hydrogen-bond acceptors (Lipinski definition) is 3. The van der Waals surface area contributed by atoms with Crippen LogP contribution in [0.15, 0.2) is 0 Å². The standard InChI is InChI=1S/C9H18N2OS/c1-3-11(4-2)9(12)7-8-10-5-6-13-8/h8,10H,3-7H2,1-2H3. The molecule has 1 unspecified atom stereocenters. The number of thioether (sulfide) groups is 1. The zero-order valence-electron chi connectivity index (χ0n) is 8.38. The average molecular weight is 202 g/mol. The van der Waals surface area contributed by atoms with E-state index < -0.39 is 0 Å². The van der Waals surface area contributed by atoms with E-state index in [1.54, 1.807) is 0 Å². The summed E-state index contributed by atoms with van der Waals surface area (Å²) in [6, 6.07) is 0. The van der Waals surface area contributed by atoms with E-state index >= 15 is 0 Å². The molecule has 1 amide bonds. The van der Waals surface area contributed by atoms with E-state index in [9.17, 15) is 4.79 Å². The molecule has 1 atom stereocenters. The first-order chi connectivity index (χ1) is 6.27. The minimum absolute atomic E-state index is 0.275. The Morgan fingerprint density at radius 3 is 2.69 bits per heavy atom. The molecule has 1 aliphatic rings. The van der Waals surface area contributed by atoms with Gasteiger partial charge in [0.2, 0.25) is 5.91 Å². The molecule has 0 bridgehead atoms. The quantitative estimate of drug-likeness (QED) is 0.735. The fourth-order valence-corrected chi connectivity index (χ4v) is 2.49. The van der Waals surface area contributed by atoms with Crippen molar-refractivity contribution in [2.75, 3.05) is 25.4 Å². The number of hydrogen-bond donors (Lipinski definition) is 1. The number of carbonyl (C=O) groups is 1. The molecule has 0 aromatic carbocycles. The van der Waals surface area contributed by atoms with Gasteiger partial charge in [0.15, 0.2) is 0 Å². The Morgan fingerprint density at radius 2 is 2.23 bits per heavy atom. The summed E-state index contributed by atoms with van der Waals surface area (Å²) in [7, 11) is 0. The van der Waals surface area contributed by atoms with Crippen LogP contribution < -0.4 is 5.32 Å². The Labute approximate surface area is 84.2 Å². The molecule has 0 aliphatic carbocycles. The molecule has 0 saturated carbocycles. The number of rotatable bonds is 4. The van der Waals surface area contributed by atoms with Crippen molar-refractivity contribution in [1.82, 2.24) is 10.2 Å².